The highest BCUT2D eigenvalue weighted by atomic mass is 16.5. The van der Waals surface area contributed by atoms with Gasteiger partial charge in [0.2, 0.25) is 0 Å². The Hall–Kier alpha value is -1.57. The molecule has 0 amide bonds. The molecule has 0 aliphatic rings. The molecule has 0 heterocycles. The first kappa shape index (κ1) is 11.5. The van der Waals surface area contributed by atoms with Crippen LogP contribution in [-0.2, 0) is 9.53 Å². The Morgan fingerprint density at radius 2 is 2.00 bits per heavy atom. The number of hydrogen-bond acceptors (Lipinski definition) is 2. The first-order valence-electron chi connectivity index (χ1n) is 5.12. The van der Waals surface area contributed by atoms with Gasteiger partial charge in [0.15, 0.2) is 0 Å². The summed E-state index contributed by atoms with van der Waals surface area (Å²) in [5.74, 6) is -0.290. The fraction of sp³-hybridized carbons (Fsp3) is 0.308. The topological polar surface area (TPSA) is 26.3 Å². The third-order valence-electron chi connectivity index (χ3n) is 2.16. The number of benzene rings is 1. The quantitative estimate of drug-likeness (QED) is 0.556. The number of carbonyl (C=O) groups excluding carboxylic acids is 1. The average Bonchev–Trinajstić information content (AvgIpc) is 2.29. The van der Waals surface area contributed by atoms with E-state index in [1.165, 1.54) is 7.11 Å². The van der Waals surface area contributed by atoms with Gasteiger partial charge >= 0.3 is 5.97 Å². The zero-order chi connectivity index (χ0) is 11.1. The highest BCUT2D eigenvalue weighted by molar-refractivity contribution is 5.91. The lowest BCUT2D eigenvalue weighted by atomic mass is 10.0. The molecule has 1 aromatic rings. The van der Waals surface area contributed by atoms with Gasteiger partial charge in [-0.15, -0.1) is 0 Å². The molecule has 0 radical (unpaired) electrons. The van der Waals surface area contributed by atoms with Crippen LogP contribution in [-0.4, -0.2) is 13.1 Å². The molecular formula is C13H16O2. The van der Waals surface area contributed by atoms with Crippen molar-refractivity contribution in [1.82, 2.24) is 0 Å². The standard InChI is InChI=1S/C13H16O2/c1-3-7-12(10-13(14)15-2)11-8-5-4-6-9-11/h4-6,8-10H,3,7H2,1-2H3. The zero-order valence-electron chi connectivity index (χ0n) is 9.19. The minimum Gasteiger partial charge on any atom is -0.466 e. The molecule has 0 bridgehead atoms. The van der Waals surface area contributed by atoms with Crippen molar-refractivity contribution in [1.29, 1.82) is 0 Å². The van der Waals surface area contributed by atoms with Crippen LogP contribution in [0, 0.1) is 0 Å². The molecule has 0 aliphatic heterocycles. The zero-order valence-corrected chi connectivity index (χ0v) is 9.19. The van der Waals surface area contributed by atoms with Crippen molar-refractivity contribution in [3.8, 4) is 0 Å². The van der Waals surface area contributed by atoms with E-state index in [4.69, 9.17) is 0 Å². The Morgan fingerprint density at radius 3 is 2.53 bits per heavy atom. The van der Waals surface area contributed by atoms with Crippen LogP contribution in [0.1, 0.15) is 25.3 Å². The summed E-state index contributed by atoms with van der Waals surface area (Å²) < 4.78 is 4.63. The van der Waals surface area contributed by atoms with Crippen molar-refractivity contribution >= 4 is 11.5 Å². The smallest absolute Gasteiger partial charge is 0.330 e. The van der Waals surface area contributed by atoms with E-state index in [2.05, 4.69) is 11.7 Å². The van der Waals surface area contributed by atoms with Gasteiger partial charge in [-0.05, 0) is 17.6 Å². The number of hydrogen-bond donors (Lipinski definition) is 0. The molecule has 0 saturated carbocycles. The normalized spacial score (nSPS) is 11.2. The highest BCUT2D eigenvalue weighted by Gasteiger charge is 2.03. The number of methoxy groups -OCH3 is 1. The molecule has 0 N–H and O–H groups in total. The van der Waals surface area contributed by atoms with Gasteiger partial charge in [-0.3, -0.25) is 0 Å². The van der Waals surface area contributed by atoms with E-state index in [9.17, 15) is 4.79 Å². The third kappa shape index (κ3) is 3.58. The predicted molar refractivity (Wildman–Crippen MR) is 61.3 cm³/mol. The Bertz CT molecular complexity index is 339. The van der Waals surface area contributed by atoms with E-state index < -0.39 is 0 Å². The fourth-order valence-corrected chi connectivity index (χ4v) is 1.42. The molecule has 0 fully saturated rings. The molecule has 1 aromatic carbocycles. The second-order valence-corrected chi connectivity index (χ2v) is 3.31. The average molecular weight is 204 g/mol. The lowest BCUT2D eigenvalue weighted by molar-refractivity contribution is -0.134. The van der Waals surface area contributed by atoms with Crippen LogP contribution in [0.2, 0.25) is 0 Å². The third-order valence-corrected chi connectivity index (χ3v) is 2.16. The molecular weight excluding hydrogens is 188 g/mol. The van der Waals surface area contributed by atoms with Crippen LogP contribution in [0.25, 0.3) is 5.57 Å². The van der Waals surface area contributed by atoms with Crippen molar-refractivity contribution in [2.45, 2.75) is 19.8 Å². The maximum atomic E-state index is 11.2. The number of ether oxygens (including phenoxy) is 1. The number of allylic oxidation sites excluding steroid dienone is 1. The summed E-state index contributed by atoms with van der Waals surface area (Å²) in [4.78, 5) is 11.2. The first-order valence-corrected chi connectivity index (χ1v) is 5.12. The van der Waals surface area contributed by atoms with Gasteiger partial charge in [-0.1, -0.05) is 43.7 Å². The van der Waals surface area contributed by atoms with Gasteiger partial charge in [-0.25, -0.2) is 4.79 Å². The molecule has 15 heavy (non-hydrogen) atoms. The lowest BCUT2D eigenvalue weighted by Gasteiger charge is -2.05. The van der Waals surface area contributed by atoms with Crippen molar-refractivity contribution < 1.29 is 9.53 Å². The van der Waals surface area contributed by atoms with Crippen LogP contribution >= 0.6 is 0 Å². The summed E-state index contributed by atoms with van der Waals surface area (Å²) in [6.07, 6.45) is 3.47. The van der Waals surface area contributed by atoms with E-state index >= 15 is 0 Å². The second kappa shape index (κ2) is 6.02. The Kier molecular flexibility index (Phi) is 4.61. The largest absolute Gasteiger partial charge is 0.466 e. The number of carbonyl (C=O) groups is 1. The summed E-state index contributed by atoms with van der Waals surface area (Å²) in [5, 5.41) is 0. The molecule has 0 aliphatic carbocycles. The highest BCUT2D eigenvalue weighted by Crippen LogP contribution is 2.19. The molecule has 0 spiro atoms. The van der Waals surface area contributed by atoms with E-state index in [-0.39, 0.29) is 5.97 Å². The first-order chi connectivity index (χ1) is 7.27. The maximum Gasteiger partial charge on any atom is 0.330 e. The Balaban J connectivity index is 2.93. The SMILES string of the molecule is CCCC(=CC(=O)OC)c1ccccc1. The van der Waals surface area contributed by atoms with Crippen molar-refractivity contribution in [3.05, 3.63) is 42.0 Å². The molecule has 0 unspecified atom stereocenters. The Labute approximate surface area is 90.6 Å². The maximum absolute atomic E-state index is 11.2. The van der Waals surface area contributed by atoms with E-state index in [0.717, 1.165) is 24.0 Å². The van der Waals surface area contributed by atoms with E-state index in [1.54, 1.807) is 6.08 Å². The van der Waals surface area contributed by atoms with Gasteiger partial charge in [0, 0.05) is 6.08 Å². The molecule has 2 nitrogen and oxygen atoms in total. The van der Waals surface area contributed by atoms with Crippen LogP contribution < -0.4 is 0 Å². The summed E-state index contributed by atoms with van der Waals surface area (Å²) in [6.45, 7) is 2.09. The minimum atomic E-state index is -0.290. The van der Waals surface area contributed by atoms with Gasteiger partial charge in [0.05, 0.1) is 7.11 Å². The van der Waals surface area contributed by atoms with Crippen LogP contribution in [0.15, 0.2) is 36.4 Å². The molecule has 1 rings (SSSR count). The minimum absolute atomic E-state index is 0.290. The molecule has 0 atom stereocenters. The molecule has 2 heteroatoms. The van der Waals surface area contributed by atoms with Crippen molar-refractivity contribution in [2.75, 3.05) is 7.11 Å². The van der Waals surface area contributed by atoms with Gasteiger partial charge < -0.3 is 4.74 Å². The number of rotatable bonds is 4. The second-order valence-electron chi connectivity index (χ2n) is 3.31. The molecule has 0 aromatic heterocycles. The van der Waals surface area contributed by atoms with Crippen LogP contribution in [0.4, 0.5) is 0 Å². The van der Waals surface area contributed by atoms with Crippen molar-refractivity contribution in [3.63, 3.8) is 0 Å². The molecule has 80 valence electrons. The summed E-state index contributed by atoms with van der Waals surface area (Å²) in [7, 11) is 1.40. The van der Waals surface area contributed by atoms with Gasteiger partial charge in [-0.2, -0.15) is 0 Å². The van der Waals surface area contributed by atoms with Gasteiger partial charge in [0.1, 0.15) is 0 Å². The van der Waals surface area contributed by atoms with Gasteiger partial charge in [0.25, 0.3) is 0 Å². The predicted octanol–water partition coefficient (Wildman–Crippen LogP) is 3.04. The Morgan fingerprint density at radius 1 is 1.33 bits per heavy atom. The number of esters is 1. The lowest BCUT2D eigenvalue weighted by Crippen LogP contribution is -1.97. The summed E-state index contributed by atoms with van der Waals surface area (Å²) in [5.41, 5.74) is 2.12. The van der Waals surface area contributed by atoms with Crippen molar-refractivity contribution in [2.24, 2.45) is 0 Å². The molecule has 0 saturated heterocycles. The summed E-state index contributed by atoms with van der Waals surface area (Å²) in [6, 6.07) is 9.91. The fourth-order valence-electron chi connectivity index (χ4n) is 1.42. The summed E-state index contributed by atoms with van der Waals surface area (Å²) >= 11 is 0. The van der Waals surface area contributed by atoms with Crippen LogP contribution in [0.3, 0.4) is 0 Å². The van der Waals surface area contributed by atoms with E-state index in [0.29, 0.717) is 0 Å². The monoisotopic (exact) mass is 204 g/mol. The van der Waals surface area contributed by atoms with E-state index in [1.807, 2.05) is 30.3 Å². The van der Waals surface area contributed by atoms with Crippen LogP contribution in [0.5, 0.6) is 0 Å².